The third-order valence-corrected chi connectivity index (χ3v) is 3.89. The maximum Gasteiger partial charge on any atom is 0.319 e. The van der Waals surface area contributed by atoms with E-state index in [0.29, 0.717) is 25.4 Å². The van der Waals surface area contributed by atoms with Gasteiger partial charge in [-0.1, -0.05) is 24.3 Å². The van der Waals surface area contributed by atoms with E-state index >= 15 is 0 Å². The summed E-state index contributed by atoms with van der Waals surface area (Å²) in [6.45, 7) is 1.62. The zero-order valence-corrected chi connectivity index (χ0v) is 14.8. The van der Waals surface area contributed by atoms with Crippen molar-refractivity contribution in [3.63, 3.8) is 0 Å². The number of hydrogen-bond acceptors (Lipinski definition) is 4. The number of hydrogen-bond donors (Lipinski definition) is 2. The molecule has 2 amide bonds. The number of carbonyl (C=O) groups is 1. The summed E-state index contributed by atoms with van der Waals surface area (Å²) in [6.07, 6.45) is 7.14. The van der Waals surface area contributed by atoms with Gasteiger partial charge in [0.25, 0.3) is 0 Å². The molecule has 0 aliphatic rings. The molecule has 0 saturated carbocycles. The van der Waals surface area contributed by atoms with Gasteiger partial charge >= 0.3 is 6.03 Å². The Balaban J connectivity index is 1.59. The summed E-state index contributed by atoms with van der Waals surface area (Å²) in [5.74, 6) is 0. The fourth-order valence-corrected chi connectivity index (χ4v) is 2.60. The molecule has 1 aromatic carbocycles. The minimum atomic E-state index is -0.280. The molecule has 0 atom stereocenters. The SMILES string of the molecule is COCCn1cc(NC(=O)NCc2ccccc2-c2cnn(C)c2)cn1. The number of aryl methyl sites for hydroxylation is 1. The number of methoxy groups -OCH3 is 1. The average Bonchev–Trinajstić information content (AvgIpc) is 3.27. The second kappa shape index (κ2) is 8.30. The van der Waals surface area contributed by atoms with Crippen LogP contribution in [0.5, 0.6) is 0 Å². The van der Waals surface area contributed by atoms with Crippen LogP contribution >= 0.6 is 0 Å². The number of rotatable bonds is 7. The second-order valence-corrected chi connectivity index (χ2v) is 5.85. The average molecular weight is 354 g/mol. The van der Waals surface area contributed by atoms with Crippen LogP contribution in [0.3, 0.4) is 0 Å². The monoisotopic (exact) mass is 354 g/mol. The Morgan fingerprint density at radius 2 is 2.04 bits per heavy atom. The molecule has 0 unspecified atom stereocenters. The molecule has 8 nitrogen and oxygen atoms in total. The van der Waals surface area contributed by atoms with Gasteiger partial charge in [-0.15, -0.1) is 0 Å². The number of benzene rings is 1. The van der Waals surface area contributed by atoms with E-state index < -0.39 is 0 Å². The van der Waals surface area contributed by atoms with E-state index in [1.54, 1.807) is 28.9 Å². The van der Waals surface area contributed by atoms with Gasteiger partial charge in [-0.05, 0) is 11.1 Å². The first-order chi connectivity index (χ1) is 12.7. The number of urea groups is 1. The van der Waals surface area contributed by atoms with E-state index in [1.165, 1.54) is 0 Å². The van der Waals surface area contributed by atoms with Crippen molar-refractivity contribution in [2.75, 3.05) is 19.0 Å². The standard InChI is InChI=1S/C18H22N6O2/c1-23-12-15(10-20-23)17-6-4-3-5-14(17)9-19-18(25)22-16-11-21-24(13-16)7-8-26-2/h3-6,10-13H,7-9H2,1-2H3,(H2,19,22,25). The number of nitrogens with one attached hydrogen (secondary N) is 2. The van der Waals surface area contributed by atoms with Crippen molar-refractivity contribution in [1.29, 1.82) is 0 Å². The lowest BCUT2D eigenvalue weighted by Gasteiger charge is -2.10. The molecule has 0 aliphatic carbocycles. The van der Waals surface area contributed by atoms with Gasteiger partial charge in [0.05, 0.1) is 31.2 Å². The van der Waals surface area contributed by atoms with Crippen LogP contribution < -0.4 is 10.6 Å². The highest BCUT2D eigenvalue weighted by Gasteiger charge is 2.09. The first-order valence-corrected chi connectivity index (χ1v) is 8.29. The summed E-state index contributed by atoms with van der Waals surface area (Å²) < 4.78 is 8.48. The van der Waals surface area contributed by atoms with Gasteiger partial charge in [-0.3, -0.25) is 9.36 Å². The summed E-state index contributed by atoms with van der Waals surface area (Å²) in [5, 5.41) is 14.0. The van der Waals surface area contributed by atoms with Crippen molar-refractivity contribution in [3.05, 3.63) is 54.6 Å². The molecule has 0 saturated heterocycles. The van der Waals surface area contributed by atoms with Crippen LogP contribution in [0, 0.1) is 0 Å². The Morgan fingerprint density at radius 1 is 1.19 bits per heavy atom. The van der Waals surface area contributed by atoms with Crippen LogP contribution in [-0.4, -0.2) is 39.3 Å². The van der Waals surface area contributed by atoms with Crippen LogP contribution in [0.25, 0.3) is 11.1 Å². The zero-order valence-electron chi connectivity index (χ0n) is 14.8. The van der Waals surface area contributed by atoms with E-state index in [0.717, 1.165) is 16.7 Å². The lowest BCUT2D eigenvalue weighted by molar-refractivity contribution is 0.183. The summed E-state index contributed by atoms with van der Waals surface area (Å²) in [6, 6.07) is 7.66. The number of anilines is 1. The lowest BCUT2D eigenvalue weighted by Crippen LogP contribution is -2.28. The van der Waals surface area contributed by atoms with Gasteiger partial charge in [0.15, 0.2) is 0 Å². The van der Waals surface area contributed by atoms with Crippen LogP contribution in [0.2, 0.25) is 0 Å². The highest BCUT2D eigenvalue weighted by molar-refractivity contribution is 5.89. The van der Waals surface area contributed by atoms with Crippen molar-refractivity contribution < 1.29 is 9.53 Å². The highest BCUT2D eigenvalue weighted by atomic mass is 16.5. The number of aromatic nitrogens is 4. The van der Waals surface area contributed by atoms with Crippen LogP contribution in [-0.2, 0) is 24.9 Å². The molecule has 2 aromatic heterocycles. The van der Waals surface area contributed by atoms with Crippen molar-refractivity contribution in [1.82, 2.24) is 24.9 Å². The Hall–Kier alpha value is -3.13. The molecule has 3 aromatic rings. The maximum atomic E-state index is 12.2. The molecule has 0 bridgehead atoms. The fraction of sp³-hybridized carbons (Fsp3) is 0.278. The van der Waals surface area contributed by atoms with E-state index in [4.69, 9.17) is 4.74 Å². The predicted octanol–water partition coefficient (Wildman–Crippen LogP) is 2.25. The van der Waals surface area contributed by atoms with Crippen molar-refractivity contribution in [2.24, 2.45) is 7.05 Å². The largest absolute Gasteiger partial charge is 0.383 e. The first-order valence-electron chi connectivity index (χ1n) is 8.29. The number of nitrogens with zero attached hydrogens (tertiary/aromatic N) is 4. The summed E-state index contributed by atoms with van der Waals surface area (Å²) in [4.78, 5) is 12.2. The molecule has 0 fully saturated rings. The Bertz CT molecular complexity index is 870. The second-order valence-electron chi connectivity index (χ2n) is 5.85. The third-order valence-electron chi connectivity index (χ3n) is 3.89. The molecule has 0 radical (unpaired) electrons. The number of amides is 2. The summed E-state index contributed by atoms with van der Waals surface area (Å²) in [7, 11) is 3.52. The Morgan fingerprint density at radius 3 is 2.81 bits per heavy atom. The topological polar surface area (TPSA) is 86.0 Å². The van der Waals surface area contributed by atoms with Gasteiger partial charge in [0.2, 0.25) is 0 Å². The molecule has 3 rings (SSSR count). The lowest BCUT2D eigenvalue weighted by atomic mass is 10.0. The van der Waals surface area contributed by atoms with Gasteiger partial charge in [-0.25, -0.2) is 4.79 Å². The molecule has 0 aliphatic heterocycles. The molecule has 136 valence electrons. The van der Waals surface area contributed by atoms with Gasteiger partial charge < -0.3 is 15.4 Å². The van der Waals surface area contributed by atoms with Crippen molar-refractivity contribution >= 4 is 11.7 Å². The molecule has 26 heavy (non-hydrogen) atoms. The van der Waals surface area contributed by atoms with Crippen molar-refractivity contribution in [2.45, 2.75) is 13.1 Å². The Kier molecular flexibility index (Phi) is 5.65. The zero-order chi connectivity index (χ0) is 18.4. The van der Waals surface area contributed by atoms with Crippen LogP contribution in [0.15, 0.2) is 49.1 Å². The fourth-order valence-electron chi connectivity index (χ4n) is 2.60. The third kappa shape index (κ3) is 4.48. The van der Waals surface area contributed by atoms with E-state index in [-0.39, 0.29) is 6.03 Å². The summed E-state index contributed by atoms with van der Waals surface area (Å²) in [5.41, 5.74) is 3.73. The predicted molar refractivity (Wildman–Crippen MR) is 98.6 cm³/mol. The minimum absolute atomic E-state index is 0.280. The number of ether oxygens (including phenoxy) is 1. The van der Waals surface area contributed by atoms with E-state index in [2.05, 4.69) is 20.8 Å². The Labute approximate surface area is 151 Å². The summed E-state index contributed by atoms with van der Waals surface area (Å²) >= 11 is 0. The highest BCUT2D eigenvalue weighted by Crippen LogP contribution is 2.22. The normalized spacial score (nSPS) is 10.7. The van der Waals surface area contributed by atoms with Gasteiger partial charge in [0, 0.05) is 38.7 Å². The quantitative estimate of drug-likeness (QED) is 0.681. The molecule has 8 heteroatoms. The molecular weight excluding hydrogens is 332 g/mol. The number of carbonyl (C=O) groups excluding carboxylic acids is 1. The first kappa shape index (κ1) is 17.7. The molecule has 2 N–H and O–H groups in total. The van der Waals surface area contributed by atoms with Crippen molar-refractivity contribution in [3.8, 4) is 11.1 Å². The van der Waals surface area contributed by atoms with Crippen LogP contribution in [0.1, 0.15) is 5.56 Å². The van der Waals surface area contributed by atoms with Gasteiger partial charge in [-0.2, -0.15) is 10.2 Å². The van der Waals surface area contributed by atoms with E-state index in [9.17, 15) is 4.79 Å². The van der Waals surface area contributed by atoms with Crippen LogP contribution in [0.4, 0.5) is 10.5 Å². The molecule has 0 spiro atoms. The minimum Gasteiger partial charge on any atom is -0.383 e. The molecular formula is C18H22N6O2. The van der Waals surface area contributed by atoms with E-state index in [1.807, 2.05) is 43.7 Å². The molecule has 2 heterocycles. The van der Waals surface area contributed by atoms with Gasteiger partial charge in [0.1, 0.15) is 0 Å². The maximum absolute atomic E-state index is 12.2. The smallest absolute Gasteiger partial charge is 0.319 e.